The molecule has 0 saturated heterocycles. The Morgan fingerprint density at radius 3 is 1.25 bits per heavy atom. The fourth-order valence-electron chi connectivity index (χ4n) is 2.38. The molecule has 0 unspecified atom stereocenters. The Balaban J connectivity index is 2.10. The summed E-state index contributed by atoms with van der Waals surface area (Å²) in [6.07, 6.45) is 0.520. The van der Waals surface area contributed by atoms with E-state index >= 15 is 0 Å². The average Bonchev–Trinajstić information content (AvgIpc) is 2.55. The van der Waals surface area contributed by atoms with Crippen LogP contribution in [0.3, 0.4) is 0 Å². The third-order valence-electron chi connectivity index (χ3n) is 3.72. The van der Waals surface area contributed by atoms with Gasteiger partial charge in [-0.25, -0.2) is 9.59 Å². The van der Waals surface area contributed by atoms with E-state index in [1.165, 1.54) is 24.3 Å². The molecule has 0 saturated carbocycles. The molecule has 6 nitrogen and oxygen atoms in total. The van der Waals surface area contributed by atoms with Gasteiger partial charge in [-0.1, -0.05) is 24.3 Å². The smallest absolute Gasteiger partial charge is 0.335 e. The van der Waals surface area contributed by atoms with Crippen molar-refractivity contribution in [2.45, 2.75) is 12.8 Å². The Morgan fingerprint density at radius 2 is 1.00 bits per heavy atom. The van der Waals surface area contributed by atoms with E-state index in [1.54, 1.807) is 24.3 Å². The number of carboxylic acids is 3. The third kappa shape index (κ3) is 4.42. The standard InChI is InChI=1S/C18H16O6/c19-16(20)13-5-1-11(2-6-13)9-15(18(23)24)10-12-3-7-14(8-4-12)17(21)22/h1-8,15H,9-10H2,(H,19,20)(H,21,22)(H,23,24). The highest BCUT2D eigenvalue weighted by atomic mass is 16.4. The van der Waals surface area contributed by atoms with Crippen LogP contribution in [0.25, 0.3) is 0 Å². The summed E-state index contributed by atoms with van der Waals surface area (Å²) in [6.45, 7) is 0. The van der Waals surface area contributed by atoms with Crippen molar-refractivity contribution in [3.8, 4) is 0 Å². The monoisotopic (exact) mass is 328 g/mol. The van der Waals surface area contributed by atoms with E-state index in [-0.39, 0.29) is 24.0 Å². The van der Waals surface area contributed by atoms with E-state index in [0.29, 0.717) is 0 Å². The molecular formula is C18H16O6. The van der Waals surface area contributed by atoms with Crippen LogP contribution in [0.4, 0.5) is 0 Å². The van der Waals surface area contributed by atoms with E-state index < -0.39 is 23.8 Å². The van der Waals surface area contributed by atoms with Gasteiger partial charge in [-0.05, 0) is 48.2 Å². The van der Waals surface area contributed by atoms with Crippen LogP contribution in [0, 0.1) is 5.92 Å². The Morgan fingerprint density at radius 1 is 0.667 bits per heavy atom. The zero-order valence-electron chi connectivity index (χ0n) is 12.7. The lowest BCUT2D eigenvalue weighted by Gasteiger charge is -2.13. The van der Waals surface area contributed by atoms with Gasteiger partial charge in [0.25, 0.3) is 0 Å². The highest BCUT2D eigenvalue weighted by molar-refractivity contribution is 5.88. The van der Waals surface area contributed by atoms with E-state index in [1.807, 2.05) is 0 Å². The van der Waals surface area contributed by atoms with Crippen LogP contribution < -0.4 is 0 Å². The minimum absolute atomic E-state index is 0.148. The van der Waals surface area contributed by atoms with Gasteiger partial charge in [0, 0.05) is 0 Å². The van der Waals surface area contributed by atoms with Crippen molar-refractivity contribution < 1.29 is 29.7 Å². The van der Waals surface area contributed by atoms with E-state index in [0.717, 1.165) is 11.1 Å². The summed E-state index contributed by atoms with van der Waals surface area (Å²) in [5, 5.41) is 27.1. The third-order valence-corrected chi connectivity index (χ3v) is 3.72. The molecule has 0 atom stereocenters. The van der Waals surface area contributed by atoms with Gasteiger partial charge in [0.05, 0.1) is 17.0 Å². The zero-order chi connectivity index (χ0) is 17.7. The molecule has 0 bridgehead atoms. The van der Waals surface area contributed by atoms with Crippen LogP contribution in [-0.4, -0.2) is 33.2 Å². The maximum atomic E-state index is 11.5. The molecule has 6 heteroatoms. The van der Waals surface area contributed by atoms with E-state index in [4.69, 9.17) is 10.2 Å². The molecule has 2 rings (SSSR count). The topological polar surface area (TPSA) is 112 Å². The number of hydrogen-bond donors (Lipinski definition) is 3. The molecule has 124 valence electrons. The molecule has 0 amide bonds. The second kappa shape index (κ2) is 7.41. The van der Waals surface area contributed by atoms with Crippen LogP contribution in [0.15, 0.2) is 48.5 Å². The summed E-state index contributed by atoms with van der Waals surface area (Å²) in [4.78, 5) is 33.1. The Bertz CT molecular complexity index is 687. The quantitative estimate of drug-likeness (QED) is 0.720. The van der Waals surface area contributed by atoms with Crippen molar-refractivity contribution in [3.63, 3.8) is 0 Å². The van der Waals surface area contributed by atoms with Crippen LogP contribution in [0.1, 0.15) is 31.8 Å². The van der Waals surface area contributed by atoms with Gasteiger partial charge in [-0.3, -0.25) is 4.79 Å². The molecule has 3 N–H and O–H groups in total. The number of benzene rings is 2. The molecule has 0 aromatic heterocycles. The molecular weight excluding hydrogens is 312 g/mol. The van der Waals surface area contributed by atoms with Crippen molar-refractivity contribution >= 4 is 17.9 Å². The van der Waals surface area contributed by atoms with Gasteiger partial charge in [-0.2, -0.15) is 0 Å². The van der Waals surface area contributed by atoms with Crippen LogP contribution >= 0.6 is 0 Å². The normalized spacial score (nSPS) is 10.5. The predicted molar refractivity (Wildman–Crippen MR) is 85.3 cm³/mol. The van der Waals surface area contributed by atoms with Crippen molar-refractivity contribution in [2.75, 3.05) is 0 Å². The maximum absolute atomic E-state index is 11.5. The highest BCUT2D eigenvalue weighted by Crippen LogP contribution is 2.17. The molecule has 2 aromatic carbocycles. The first-order valence-electron chi connectivity index (χ1n) is 7.24. The van der Waals surface area contributed by atoms with Gasteiger partial charge in [0.1, 0.15) is 0 Å². The van der Waals surface area contributed by atoms with E-state index in [2.05, 4.69) is 0 Å². The van der Waals surface area contributed by atoms with Gasteiger partial charge < -0.3 is 15.3 Å². The van der Waals surface area contributed by atoms with Gasteiger partial charge >= 0.3 is 17.9 Å². The highest BCUT2D eigenvalue weighted by Gasteiger charge is 2.19. The molecule has 0 spiro atoms. The summed E-state index contributed by atoms with van der Waals surface area (Å²) in [6, 6.07) is 12.2. The Labute approximate surface area is 138 Å². The fraction of sp³-hybridized carbons (Fsp3) is 0.167. The molecule has 0 heterocycles. The second-order valence-corrected chi connectivity index (χ2v) is 5.45. The molecule has 0 radical (unpaired) electrons. The Hall–Kier alpha value is -3.15. The van der Waals surface area contributed by atoms with Crippen LogP contribution in [0.2, 0.25) is 0 Å². The number of aromatic carboxylic acids is 2. The zero-order valence-corrected chi connectivity index (χ0v) is 12.7. The maximum Gasteiger partial charge on any atom is 0.335 e. The molecule has 0 aliphatic rings. The van der Waals surface area contributed by atoms with E-state index in [9.17, 15) is 19.5 Å². The van der Waals surface area contributed by atoms with Crippen molar-refractivity contribution in [1.29, 1.82) is 0 Å². The van der Waals surface area contributed by atoms with Crippen molar-refractivity contribution in [3.05, 3.63) is 70.8 Å². The first kappa shape index (κ1) is 17.2. The molecule has 0 fully saturated rings. The first-order chi connectivity index (χ1) is 11.4. The summed E-state index contributed by atoms with van der Waals surface area (Å²) in [5.41, 5.74) is 1.76. The summed E-state index contributed by atoms with van der Waals surface area (Å²) < 4.78 is 0. The van der Waals surface area contributed by atoms with Gasteiger partial charge in [0.2, 0.25) is 0 Å². The SMILES string of the molecule is O=C(O)c1ccc(CC(Cc2ccc(C(=O)O)cc2)C(=O)O)cc1. The molecule has 24 heavy (non-hydrogen) atoms. The number of carbonyl (C=O) groups is 3. The van der Waals surface area contributed by atoms with Crippen LogP contribution in [0.5, 0.6) is 0 Å². The first-order valence-corrected chi connectivity index (χ1v) is 7.24. The van der Waals surface area contributed by atoms with Gasteiger partial charge in [0.15, 0.2) is 0 Å². The minimum atomic E-state index is -1.03. The molecule has 0 aliphatic heterocycles. The average molecular weight is 328 g/mol. The number of rotatable bonds is 7. The van der Waals surface area contributed by atoms with Crippen molar-refractivity contribution in [1.82, 2.24) is 0 Å². The lowest BCUT2D eigenvalue weighted by molar-refractivity contribution is -0.141. The predicted octanol–water partition coefficient (Wildman–Crippen LogP) is 2.57. The number of hydrogen-bond acceptors (Lipinski definition) is 3. The molecule has 0 aliphatic carbocycles. The summed E-state index contributed by atoms with van der Waals surface area (Å²) in [5.74, 6) is -3.71. The van der Waals surface area contributed by atoms with Gasteiger partial charge in [-0.15, -0.1) is 0 Å². The largest absolute Gasteiger partial charge is 0.481 e. The Kier molecular flexibility index (Phi) is 5.31. The summed E-state index contributed by atoms with van der Waals surface area (Å²) >= 11 is 0. The number of carboxylic acid groups (broad SMARTS) is 3. The second-order valence-electron chi connectivity index (χ2n) is 5.45. The van der Waals surface area contributed by atoms with Crippen LogP contribution in [-0.2, 0) is 17.6 Å². The lowest BCUT2D eigenvalue weighted by atomic mass is 9.92. The fourth-order valence-corrected chi connectivity index (χ4v) is 2.38. The minimum Gasteiger partial charge on any atom is -0.481 e. The summed E-state index contributed by atoms with van der Waals surface area (Å²) in [7, 11) is 0. The number of aliphatic carboxylic acids is 1. The lowest BCUT2D eigenvalue weighted by Crippen LogP contribution is -2.19. The molecule has 2 aromatic rings. The van der Waals surface area contributed by atoms with Crippen molar-refractivity contribution in [2.24, 2.45) is 5.92 Å².